The van der Waals surface area contributed by atoms with Gasteiger partial charge >= 0.3 is 0 Å². The topological polar surface area (TPSA) is 21.3 Å². The van der Waals surface area contributed by atoms with Crippen LogP contribution in [0.3, 0.4) is 0 Å². The molecular weight excluding hydrogens is 253 g/mol. The largest absolute Gasteiger partial charge is 0.379 e. The van der Waals surface area contributed by atoms with E-state index >= 15 is 0 Å². The van der Waals surface area contributed by atoms with Gasteiger partial charge < -0.3 is 10.1 Å². The van der Waals surface area contributed by atoms with Crippen LogP contribution in [0, 0.1) is 0 Å². The molecule has 0 fully saturated rings. The predicted molar refractivity (Wildman–Crippen MR) is 67.2 cm³/mol. The molecule has 86 valence electrons. The third-order valence-corrected chi connectivity index (χ3v) is 3.56. The normalized spacial score (nSPS) is 13.1. The second-order valence-electron chi connectivity index (χ2n) is 3.20. The molecule has 0 aliphatic rings. The molecule has 0 aromatic carbocycles. The molecule has 1 heterocycles. The fraction of sp³-hybridized carbons (Fsp3) is 0.600. The van der Waals surface area contributed by atoms with Crippen LogP contribution in [0.2, 0.25) is 8.67 Å². The van der Waals surface area contributed by atoms with Crippen LogP contribution < -0.4 is 5.32 Å². The number of halogens is 2. The second kappa shape index (κ2) is 6.71. The lowest BCUT2D eigenvalue weighted by Crippen LogP contribution is -2.21. The van der Waals surface area contributed by atoms with Crippen molar-refractivity contribution < 1.29 is 4.74 Å². The first-order valence-electron chi connectivity index (χ1n) is 4.88. The molecular formula is C10H15Cl2NOS. The van der Waals surface area contributed by atoms with E-state index in [-0.39, 0.29) is 6.04 Å². The number of rotatable bonds is 6. The first-order valence-corrected chi connectivity index (χ1v) is 6.46. The summed E-state index contributed by atoms with van der Waals surface area (Å²) in [5, 5.41) is 3.17. The Balaban J connectivity index is 2.61. The van der Waals surface area contributed by atoms with Gasteiger partial charge in [-0.15, -0.1) is 11.3 Å². The zero-order valence-electron chi connectivity index (χ0n) is 8.85. The van der Waals surface area contributed by atoms with E-state index in [1.165, 1.54) is 11.3 Å². The van der Waals surface area contributed by atoms with Crippen LogP contribution >= 0.6 is 34.5 Å². The van der Waals surface area contributed by atoms with Gasteiger partial charge in [-0.2, -0.15) is 0 Å². The van der Waals surface area contributed by atoms with Gasteiger partial charge in [0.2, 0.25) is 0 Å². The molecule has 1 aromatic heterocycles. The average Bonchev–Trinajstić information content (AvgIpc) is 2.53. The Hall–Kier alpha value is 0.200. The second-order valence-corrected chi connectivity index (χ2v) is 5.48. The molecule has 0 amide bonds. The lowest BCUT2D eigenvalue weighted by molar-refractivity contribution is 0.114. The predicted octanol–water partition coefficient (Wildman–Crippen LogP) is 3.74. The van der Waals surface area contributed by atoms with Crippen molar-refractivity contribution in [1.82, 2.24) is 5.32 Å². The fourth-order valence-corrected chi connectivity index (χ4v) is 2.84. The van der Waals surface area contributed by atoms with Crippen molar-refractivity contribution in [3.05, 3.63) is 20.3 Å². The van der Waals surface area contributed by atoms with E-state index in [0.29, 0.717) is 10.9 Å². The highest BCUT2D eigenvalue weighted by Gasteiger charge is 2.15. The molecule has 1 N–H and O–H groups in total. The zero-order valence-corrected chi connectivity index (χ0v) is 11.2. The van der Waals surface area contributed by atoms with Crippen LogP contribution in [0.5, 0.6) is 0 Å². The summed E-state index contributed by atoms with van der Waals surface area (Å²) in [6, 6.07) is 2.01. The van der Waals surface area contributed by atoms with Gasteiger partial charge in [-0.1, -0.05) is 30.1 Å². The Bertz CT molecular complexity index is 304. The minimum absolute atomic E-state index is 0.118. The monoisotopic (exact) mass is 267 g/mol. The molecule has 1 rings (SSSR count). The average molecular weight is 268 g/mol. The summed E-state index contributed by atoms with van der Waals surface area (Å²) in [6.07, 6.45) is 1.02. The molecule has 2 nitrogen and oxygen atoms in total. The summed E-state index contributed by atoms with van der Waals surface area (Å²) in [6.45, 7) is 3.48. The number of hydrogen-bond donors (Lipinski definition) is 1. The van der Waals surface area contributed by atoms with Gasteiger partial charge in [0.25, 0.3) is 0 Å². The van der Waals surface area contributed by atoms with E-state index in [4.69, 9.17) is 27.9 Å². The van der Waals surface area contributed by atoms with Gasteiger partial charge in [0.15, 0.2) is 0 Å². The van der Waals surface area contributed by atoms with E-state index in [0.717, 1.165) is 22.9 Å². The van der Waals surface area contributed by atoms with Crippen molar-refractivity contribution in [2.75, 3.05) is 20.3 Å². The molecule has 0 saturated carbocycles. The van der Waals surface area contributed by atoms with Crippen molar-refractivity contribution >= 4 is 34.5 Å². The number of hydrogen-bond acceptors (Lipinski definition) is 3. The van der Waals surface area contributed by atoms with E-state index in [1.807, 2.05) is 13.1 Å². The molecule has 5 heteroatoms. The van der Waals surface area contributed by atoms with Gasteiger partial charge in [0, 0.05) is 12.2 Å². The summed E-state index contributed by atoms with van der Waals surface area (Å²) in [5.74, 6) is 0. The Morgan fingerprint density at radius 2 is 2.27 bits per heavy atom. The minimum atomic E-state index is 0.118. The van der Waals surface area contributed by atoms with E-state index in [9.17, 15) is 0 Å². The number of ether oxygens (including phenoxy) is 1. The molecule has 0 bridgehead atoms. The third-order valence-electron chi connectivity index (χ3n) is 2.04. The number of nitrogens with one attached hydrogen (secondary N) is 1. The molecule has 0 aliphatic heterocycles. The molecule has 0 radical (unpaired) electrons. The molecule has 15 heavy (non-hydrogen) atoms. The van der Waals surface area contributed by atoms with Gasteiger partial charge in [-0.25, -0.2) is 0 Å². The summed E-state index contributed by atoms with van der Waals surface area (Å²) >= 11 is 13.4. The van der Waals surface area contributed by atoms with Crippen LogP contribution in [0.25, 0.3) is 0 Å². The Labute approximate surface area is 105 Å². The maximum Gasteiger partial charge on any atom is 0.0992 e. The van der Waals surface area contributed by atoms with E-state index < -0.39 is 0 Å². The van der Waals surface area contributed by atoms with Crippen LogP contribution in [-0.4, -0.2) is 20.3 Å². The van der Waals surface area contributed by atoms with Crippen molar-refractivity contribution in [3.8, 4) is 0 Å². The molecule has 0 spiro atoms. The van der Waals surface area contributed by atoms with Crippen LogP contribution in [0.15, 0.2) is 6.07 Å². The van der Waals surface area contributed by atoms with Crippen LogP contribution in [0.1, 0.15) is 24.9 Å². The van der Waals surface area contributed by atoms with Crippen molar-refractivity contribution in [2.24, 2.45) is 0 Å². The highest BCUT2D eigenvalue weighted by molar-refractivity contribution is 7.20. The quantitative estimate of drug-likeness (QED) is 0.793. The minimum Gasteiger partial charge on any atom is -0.379 e. The number of likely N-dealkylation sites (N-methyl/N-ethyl adjacent to an activating group) is 1. The standard InChI is InChI=1S/C10H15Cl2NOS/c1-3-4-14-6-8(13-2)7-5-9(11)15-10(7)12/h5,8,13H,3-4,6H2,1-2H3. The third kappa shape index (κ3) is 3.93. The van der Waals surface area contributed by atoms with Crippen molar-refractivity contribution in [1.29, 1.82) is 0 Å². The summed E-state index contributed by atoms with van der Waals surface area (Å²) < 4.78 is 6.94. The van der Waals surface area contributed by atoms with Gasteiger partial charge in [-0.05, 0) is 19.5 Å². The Kier molecular flexibility index (Phi) is 5.94. The summed E-state index contributed by atoms with van der Waals surface area (Å²) in [4.78, 5) is 0. The Morgan fingerprint density at radius 1 is 1.53 bits per heavy atom. The smallest absolute Gasteiger partial charge is 0.0992 e. The van der Waals surface area contributed by atoms with Crippen LogP contribution in [-0.2, 0) is 4.74 Å². The van der Waals surface area contributed by atoms with E-state index in [1.54, 1.807) is 0 Å². The lowest BCUT2D eigenvalue weighted by atomic mass is 10.2. The summed E-state index contributed by atoms with van der Waals surface area (Å²) in [7, 11) is 1.89. The fourth-order valence-electron chi connectivity index (χ4n) is 1.26. The molecule has 1 aromatic rings. The SMILES string of the molecule is CCCOCC(NC)c1cc(Cl)sc1Cl. The van der Waals surface area contributed by atoms with E-state index in [2.05, 4.69) is 12.2 Å². The molecule has 1 atom stereocenters. The van der Waals surface area contributed by atoms with Gasteiger partial charge in [-0.3, -0.25) is 0 Å². The highest BCUT2D eigenvalue weighted by atomic mass is 35.5. The zero-order chi connectivity index (χ0) is 11.3. The first-order chi connectivity index (χ1) is 7.19. The van der Waals surface area contributed by atoms with Crippen molar-refractivity contribution in [2.45, 2.75) is 19.4 Å². The molecule has 0 saturated heterocycles. The van der Waals surface area contributed by atoms with Gasteiger partial charge in [0.1, 0.15) is 0 Å². The maximum absolute atomic E-state index is 6.07. The van der Waals surface area contributed by atoms with Crippen molar-refractivity contribution in [3.63, 3.8) is 0 Å². The number of thiophene rings is 1. The highest BCUT2D eigenvalue weighted by Crippen LogP contribution is 2.34. The molecule has 0 aliphatic carbocycles. The van der Waals surface area contributed by atoms with Gasteiger partial charge in [0.05, 0.1) is 21.3 Å². The van der Waals surface area contributed by atoms with Crippen LogP contribution in [0.4, 0.5) is 0 Å². The molecule has 1 unspecified atom stereocenters. The lowest BCUT2D eigenvalue weighted by Gasteiger charge is -2.15. The first kappa shape index (κ1) is 13.3. The maximum atomic E-state index is 6.07. The summed E-state index contributed by atoms with van der Waals surface area (Å²) in [5.41, 5.74) is 1.02. The Morgan fingerprint density at radius 3 is 2.73 bits per heavy atom.